The first-order valence-electron chi connectivity index (χ1n) is 8.43. The maximum absolute atomic E-state index is 12.9. The normalized spacial score (nSPS) is 10.9. The molecule has 1 aromatic carbocycles. The second kappa shape index (κ2) is 7.65. The number of esters is 1. The average molecular weight is 396 g/mol. The lowest BCUT2D eigenvalue weighted by molar-refractivity contribution is -0.139. The van der Waals surface area contributed by atoms with Gasteiger partial charge in [0.1, 0.15) is 19.5 Å². The van der Waals surface area contributed by atoms with Crippen LogP contribution in [0.1, 0.15) is 16.1 Å². The minimum absolute atomic E-state index is 0.179. The van der Waals surface area contributed by atoms with E-state index in [0.29, 0.717) is 11.4 Å². The van der Waals surface area contributed by atoms with E-state index in [0.717, 1.165) is 15.6 Å². The number of pyridine rings is 1. The highest BCUT2D eigenvalue weighted by Crippen LogP contribution is 2.36. The number of amides is 1. The molecule has 0 fully saturated rings. The lowest BCUT2D eigenvalue weighted by Crippen LogP contribution is -2.32. The van der Waals surface area contributed by atoms with E-state index in [2.05, 4.69) is 20.1 Å². The Hall–Kier alpha value is -3.46. The number of carbonyl (C=O) groups excluding carboxylic acids is 2. The Morgan fingerprint density at radius 1 is 1.21 bits per heavy atom. The molecule has 0 aliphatic rings. The summed E-state index contributed by atoms with van der Waals surface area (Å²) in [6.45, 7) is 0.0224. The molecule has 8 nitrogen and oxygen atoms in total. The maximum atomic E-state index is 12.9. The summed E-state index contributed by atoms with van der Waals surface area (Å²) < 4.78 is 13.0. The molecule has 0 saturated heterocycles. The topological polar surface area (TPSA) is 94.8 Å². The van der Waals surface area contributed by atoms with Crippen molar-refractivity contribution in [2.45, 2.75) is 6.61 Å². The Bertz CT molecular complexity index is 1150. The number of fused-ring (bicyclic) bond motifs is 3. The summed E-state index contributed by atoms with van der Waals surface area (Å²) in [7, 11) is 1.26. The number of nitrogens with one attached hydrogen (secondary N) is 1. The van der Waals surface area contributed by atoms with Crippen molar-refractivity contribution in [1.82, 2.24) is 19.9 Å². The third kappa shape index (κ3) is 3.27. The number of ether oxygens (including phenoxy) is 2. The zero-order valence-electron chi connectivity index (χ0n) is 14.9. The highest BCUT2D eigenvalue weighted by molar-refractivity contribution is 7.18. The third-order valence-electron chi connectivity index (χ3n) is 4.15. The van der Waals surface area contributed by atoms with Crippen LogP contribution in [0.5, 0.6) is 5.75 Å². The molecule has 1 amide bonds. The molecule has 4 rings (SSSR count). The number of nitrogens with zero attached hydrogens (tertiary/aromatic N) is 3. The summed E-state index contributed by atoms with van der Waals surface area (Å²) in [6, 6.07) is 11.5. The van der Waals surface area contributed by atoms with Crippen LogP contribution in [0.3, 0.4) is 0 Å². The highest BCUT2D eigenvalue weighted by atomic mass is 32.1. The molecular weight excluding hydrogens is 380 g/mol. The van der Waals surface area contributed by atoms with Crippen LogP contribution in [-0.4, -0.2) is 40.1 Å². The van der Waals surface area contributed by atoms with Gasteiger partial charge in [-0.25, -0.2) is 9.50 Å². The fourth-order valence-corrected chi connectivity index (χ4v) is 3.70. The van der Waals surface area contributed by atoms with Crippen LogP contribution in [-0.2, 0) is 16.1 Å². The smallest absolute Gasteiger partial charge is 0.325 e. The molecule has 0 atom stereocenters. The molecule has 3 heterocycles. The third-order valence-corrected chi connectivity index (χ3v) is 5.06. The minimum atomic E-state index is -0.549. The van der Waals surface area contributed by atoms with E-state index in [1.807, 2.05) is 41.8 Å². The van der Waals surface area contributed by atoms with Gasteiger partial charge in [-0.2, -0.15) is 5.10 Å². The summed E-state index contributed by atoms with van der Waals surface area (Å²) in [6.07, 6.45) is 1.38. The van der Waals surface area contributed by atoms with E-state index in [1.54, 1.807) is 0 Å². The number of thiophene rings is 1. The molecule has 0 spiro atoms. The van der Waals surface area contributed by atoms with Gasteiger partial charge in [-0.15, -0.1) is 11.3 Å². The SMILES string of the molecule is COC(=O)CNC(=O)c1c(OCc2ccccc2)c2ccsc2c2ncnn12. The predicted molar refractivity (Wildman–Crippen MR) is 103 cm³/mol. The zero-order valence-corrected chi connectivity index (χ0v) is 15.7. The van der Waals surface area contributed by atoms with Gasteiger partial charge in [-0.05, 0) is 17.0 Å². The van der Waals surface area contributed by atoms with Crippen LogP contribution in [0, 0.1) is 0 Å². The van der Waals surface area contributed by atoms with Crippen molar-refractivity contribution < 1.29 is 19.1 Å². The molecule has 0 bridgehead atoms. The first-order valence-corrected chi connectivity index (χ1v) is 9.31. The fourth-order valence-electron chi connectivity index (χ4n) is 2.83. The zero-order chi connectivity index (χ0) is 19.5. The number of hydrogen-bond acceptors (Lipinski definition) is 7. The summed E-state index contributed by atoms with van der Waals surface area (Å²) >= 11 is 1.49. The standard InChI is InChI=1S/C19H16N4O4S/c1-26-14(24)9-20-19(25)15-16(27-10-12-5-3-2-4-6-12)13-7-8-28-17(13)18-21-11-22-23(15)18/h2-8,11H,9-10H2,1H3,(H,20,25). The van der Waals surface area contributed by atoms with Gasteiger partial charge in [-0.1, -0.05) is 30.3 Å². The summed E-state index contributed by atoms with van der Waals surface area (Å²) in [5.41, 5.74) is 1.70. The number of aromatic nitrogens is 3. The van der Waals surface area contributed by atoms with Crippen LogP contribution >= 0.6 is 11.3 Å². The number of carbonyl (C=O) groups is 2. The van der Waals surface area contributed by atoms with Crippen molar-refractivity contribution >= 4 is 38.9 Å². The van der Waals surface area contributed by atoms with Gasteiger partial charge in [0.2, 0.25) is 0 Å². The van der Waals surface area contributed by atoms with Gasteiger partial charge in [0, 0.05) is 5.39 Å². The summed E-state index contributed by atoms with van der Waals surface area (Å²) in [4.78, 5) is 28.6. The van der Waals surface area contributed by atoms with E-state index < -0.39 is 11.9 Å². The number of benzene rings is 1. The van der Waals surface area contributed by atoms with Crippen LogP contribution in [0.4, 0.5) is 0 Å². The van der Waals surface area contributed by atoms with Crippen molar-refractivity contribution in [2.24, 2.45) is 0 Å². The molecule has 0 aliphatic carbocycles. The van der Waals surface area contributed by atoms with E-state index in [1.165, 1.54) is 29.3 Å². The van der Waals surface area contributed by atoms with Crippen LogP contribution < -0.4 is 10.1 Å². The Morgan fingerprint density at radius 2 is 2.04 bits per heavy atom. The van der Waals surface area contributed by atoms with Gasteiger partial charge >= 0.3 is 5.97 Å². The van der Waals surface area contributed by atoms with Crippen molar-refractivity contribution in [3.63, 3.8) is 0 Å². The van der Waals surface area contributed by atoms with Crippen LogP contribution in [0.15, 0.2) is 48.1 Å². The molecule has 3 aromatic heterocycles. The van der Waals surface area contributed by atoms with Crippen LogP contribution in [0.2, 0.25) is 0 Å². The Labute approximate surface area is 163 Å². The molecule has 28 heavy (non-hydrogen) atoms. The second-order valence-electron chi connectivity index (χ2n) is 5.87. The lowest BCUT2D eigenvalue weighted by atomic mass is 10.2. The van der Waals surface area contributed by atoms with Gasteiger partial charge in [0.05, 0.1) is 11.8 Å². The highest BCUT2D eigenvalue weighted by Gasteiger charge is 2.24. The molecule has 0 saturated carbocycles. The average Bonchev–Trinajstić information content (AvgIpc) is 3.39. The minimum Gasteiger partial charge on any atom is -0.486 e. The van der Waals surface area contributed by atoms with Gasteiger partial charge in [-0.3, -0.25) is 9.59 Å². The predicted octanol–water partition coefficient (Wildman–Crippen LogP) is 2.43. The molecule has 4 aromatic rings. The van der Waals surface area contributed by atoms with Crippen molar-refractivity contribution in [3.8, 4) is 5.75 Å². The van der Waals surface area contributed by atoms with E-state index >= 15 is 0 Å². The number of methoxy groups -OCH3 is 1. The monoisotopic (exact) mass is 396 g/mol. The molecule has 9 heteroatoms. The fraction of sp³-hybridized carbons (Fsp3) is 0.158. The van der Waals surface area contributed by atoms with Gasteiger partial charge < -0.3 is 14.8 Å². The Kier molecular flexibility index (Phi) is 4.90. The first kappa shape index (κ1) is 17.9. The second-order valence-corrected chi connectivity index (χ2v) is 6.79. The molecule has 0 aliphatic heterocycles. The quantitative estimate of drug-likeness (QED) is 0.503. The Morgan fingerprint density at radius 3 is 2.82 bits per heavy atom. The molecule has 142 valence electrons. The summed E-state index contributed by atoms with van der Waals surface area (Å²) in [5.74, 6) is -0.663. The number of hydrogen-bond donors (Lipinski definition) is 1. The van der Waals surface area contributed by atoms with Gasteiger partial charge in [0.25, 0.3) is 5.91 Å². The maximum Gasteiger partial charge on any atom is 0.325 e. The lowest BCUT2D eigenvalue weighted by Gasteiger charge is -2.14. The van der Waals surface area contributed by atoms with Crippen LogP contribution in [0.25, 0.3) is 15.7 Å². The number of rotatable bonds is 6. The van der Waals surface area contributed by atoms with Gasteiger partial charge in [0.15, 0.2) is 17.1 Å². The summed E-state index contributed by atoms with van der Waals surface area (Å²) in [5, 5.41) is 9.41. The van der Waals surface area contributed by atoms with E-state index in [-0.39, 0.29) is 18.8 Å². The van der Waals surface area contributed by atoms with Crippen molar-refractivity contribution in [1.29, 1.82) is 0 Å². The molecule has 1 N–H and O–H groups in total. The van der Waals surface area contributed by atoms with E-state index in [4.69, 9.17) is 4.74 Å². The van der Waals surface area contributed by atoms with E-state index in [9.17, 15) is 9.59 Å². The molecule has 0 radical (unpaired) electrons. The van der Waals surface area contributed by atoms with Crippen molar-refractivity contribution in [2.75, 3.05) is 13.7 Å². The largest absolute Gasteiger partial charge is 0.486 e. The Balaban J connectivity index is 1.79. The van der Waals surface area contributed by atoms with Crippen molar-refractivity contribution in [3.05, 3.63) is 59.4 Å². The first-order chi connectivity index (χ1) is 13.7. The molecule has 0 unspecified atom stereocenters. The molecular formula is C19H16N4O4S.